The van der Waals surface area contributed by atoms with Crippen LogP contribution in [0.3, 0.4) is 0 Å². The zero-order chi connectivity index (χ0) is 16.1. The highest BCUT2D eigenvalue weighted by molar-refractivity contribution is 14.1. The molecule has 3 rings (SSSR count). The van der Waals surface area contributed by atoms with E-state index in [1.807, 2.05) is 54.6 Å². The van der Waals surface area contributed by atoms with Gasteiger partial charge in [0.1, 0.15) is 5.82 Å². The molecule has 3 N–H and O–H groups in total. The third kappa shape index (κ3) is 3.86. The maximum Gasteiger partial charge on any atom is 0.181 e. The zero-order valence-electron chi connectivity index (χ0n) is 12.1. The van der Waals surface area contributed by atoms with Gasteiger partial charge in [0.25, 0.3) is 0 Å². The Hall–Kier alpha value is -2.42. The summed E-state index contributed by atoms with van der Waals surface area (Å²) in [5.74, 6) is 0.900. The molecule has 2 aromatic heterocycles. The molecule has 0 saturated heterocycles. The number of aromatic nitrogens is 4. The number of H-pyrrole nitrogens is 1. The van der Waals surface area contributed by atoms with Crippen LogP contribution in [0.25, 0.3) is 11.2 Å². The fourth-order valence-corrected chi connectivity index (χ4v) is 2.65. The van der Waals surface area contributed by atoms with Crippen LogP contribution in [-0.4, -0.2) is 20.4 Å². The van der Waals surface area contributed by atoms with E-state index in [1.165, 1.54) is 0 Å². The lowest BCUT2D eigenvalue weighted by Crippen LogP contribution is -2.01. The number of halogens is 1. The molecule has 23 heavy (non-hydrogen) atoms. The summed E-state index contributed by atoms with van der Waals surface area (Å²) in [6, 6.07) is 19.4. The van der Waals surface area contributed by atoms with Crippen LogP contribution in [0.2, 0.25) is 0 Å². The minimum atomic E-state index is -0.216. The molecule has 116 valence electrons. The quantitative estimate of drug-likeness (QED) is 0.501. The number of nitrogens with one attached hydrogen (secondary N) is 1. The van der Waals surface area contributed by atoms with Crippen molar-refractivity contribution in [2.75, 3.05) is 5.73 Å². The Labute approximate surface area is 146 Å². The average Bonchev–Trinajstić information content (AvgIpc) is 3.00. The van der Waals surface area contributed by atoms with Crippen molar-refractivity contribution in [3.63, 3.8) is 0 Å². The van der Waals surface area contributed by atoms with Gasteiger partial charge in [0.15, 0.2) is 21.0 Å². The Morgan fingerprint density at radius 2 is 1.70 bits per heavy atom. The summed E-state index contributed by atoms with van der Waals surface area (Å²) in [5, 5.41) is 10.4. The highest BCUT2D eigenvalue weighted by Crippen LogP contribution is 2.31. The molecule has 0 saturated carbocycles. The Morgan fingerprint density at radius 1 is 1.04 bits per heavy atom. The topological polar surface area (TPSA) is 89.7 Å². The summed E-state index contributed by atoms with van der Waals surface area (Å²) in [6.45, 7) is 0. The van der Waals surface area contributed by atoms with E-state index in [2.05, 4.69) is 43.0 Å². The third-order valence-corrected chi connectivity index (χ3v) is 3.99. The van der Waals surface area contributed by atoms with Crippen LogP contribution >= 0.6 is 22.6 Å². The van der Waals surface area contributed by atoms with Gasteiger partial charge in [-0.25, -0.2) is 10.1 Å². The van der Waals surface area contributed by atoms with E-state index in [9.17, 15) is 0 Å². The Bertz CT molecular complexity index is 841. The molecule has 0 radical (unpaired) electrons. The number of ether oxygens (including phenoxy) is 1. The van der Waals surface area contributed by atoms with Crippen LogP contribution in [0.4, 0.5) is 5.82 Å². The lowest BCUT2D eigenvalue weighted by Gasteiger charge is -2.13. The van der Waals surface area contributed by atoms with E-state index in [4.69, 9.17) is 10.5 Å². The highest BCUT2D eigenvalue weighted by Gasteiger charge is 2.14. The Kier molecular flexibility index (Phi) is 4.86. The van der Waals surface area contributed by atoms with E-state index in [0.29, 0.717) is 22.7 Å². The van der Waals surface area contributed by atoms with E-state index in [0.717, 1.165) is 5.56 Å². The van der Waals surface area contributed by atoms with Crippen LogP contribution in [0, 0.1) is 0 Å². The lowest BCUT2D eigenvalue weighted by atomic mass is 10.2. The molecular formula is C16H14IN5O. The Balaban J connectivity index is 1.95. The summed E-state index contributed by atoms with van der Waals surface area (Å²) in [6.07, 6.45) is 0. The maximum atomic E-state index is 6.02. The van der Waals surface area contributed by atoms with Crippen molar-refractivity contribution in [3.8, 4) is 5.75 Å². The van der Waals surface area contributed by atoms with Crippen molar-refractivity contribution >= 4 is 39.6 Å². The van der Waals surface area contributed by atoms with E-state index in [-0.39, 0.29) is 4.11 Å². The van der Waals surface area contributed by atoms with Gasteiger partial charge in [-0.05, 0) is 22.6 Å². The van der Waals surface area contributed by atoms with Crippen molar-refractivity contribution < 1.29 is 4.74 Å². The second-order valence-corrected chi connectivity index (χ2v) is 5.80. The second kappa shape index (κ2) is 7.23. The monoisotopic (exact) mass is 419 g/mol. The molecule has 0 aliphatic rings. The number of pyridine rings is 1. The summed E-state index contributed by atoms with van der Waals surface area (Å²) < 4.78 is 5.81. The van der Waals surface area contributed by atoms with Crippen molar-refractivity contribution in [1.29, 1.82) is 0 Å². The maximum absolute atomic E-state index is 6.02. The summed E-state index contributed by atoms with van der Waals surface area (Å²) in [5.41, 5.74) is 7.87. The van der Waals surface area contributed by atoms with E-state index >= 15 is 0 Å². The highest BCUT2D eigenvalue weighted by atomic mass is 127. The molecule has 0 bridgehead atoms. The van der Waals surface area contributed by atoms with Crippen LogP contribution in [-0.2, 0) is 0 Å². The van der Waals surface area contributed by atoms with Gasteiger partial charge in [0, 0.05) is 11.6 Å². The number of nitrogen functional groups attached to an aromatic ring is 1. The van der Waals surface area contributed by atoms with Gasteiger partial charge in [0.05, 0.1) is 0 Å². The first kappa shape index (κ1) is 15.5. The average molecular weight is 419 g/mol. The van der Waals surface area contributed by atoms with Gasteiger partial charge in [0.2, 0.25) is 0 Å². The van der Waals surface area contributed by atoms with Gasteiger partial charge >= 0.3 is 0 Å². The molecule has 0 fully saturated rings. The molecule has 0 aliphatic heterocycles. The number of hydrogen-bond donors (Lipinski definition) is 2. The number of rotatable bonds is 3. The van der Waals surface area contributed by atoms with E-state index < -0.39 is 0 Å². The van der Waals surface area contributed by atoms with Gasteiger partial charge in [-0.15, -0.1) is 5.10 Å². The Morgan fingerprint density at radius 3 is 2.39 bits per heavy atom. The zero-order valence-corrected chi connectivity index (χ0v) is 14.2. The molecule has 1 unspecified atom stereocenters. The largest absolute Gasteiger partial charge is 0.473 e. The minimum Gasteiger partial charge on any atom is -0.473 e. The smallest absolute Gasteiger partial charge is 0.181 e. The van der Waals surface area contributed by atoms with Gasteiger partial charge in [-0.2, -0.15) is 0 Å². The number of alkyl halides is 1. The molecule has 7 heteroatoms. The molecule has 1 aromatic carbocycles. The van der Waals surface area contributed by atoms with Crippen molar-refractivity contribution in [2.24, 2.45) is 0 Å². The van der Waals surface area contributed by atoms with Crippen molar-refractivity contribution in [1.82, 2.24) is 20.4 Å². The summed E-state index contributed by atoms with van der Waals surface area (Å²) >= 11 is 2.22. The fourth-order valence-electron chi connectivity index (χ4n) is 1.96. The molecule has 2 heterocycles. The molecule has 0 spiro atoms. The standard InChI is InChI=1S/C16H14IN5O/c17-15(11-8-6-4-2-1-3-5-7-9-11)23-12-10-13(18)19-16-14(12)20-22-21-16/h1-10,15H,(H3,18,19,20,21,22). The minimum absolute atomic E-state index is 0.216. The molecular weight excluding hydrogens is 405 g/mol. The number of nitrogens with zero attached hydrogens (tertiary/aromatic N) is 3. The summed E-state index contributed by atoms with van der Waals surface area (Å²) in [4.78, 5) is 4.12. The first-order valence-corrected chi connectivity index (χ1v) is 8.15. The predicted octanol–water partition coefficient (Wildman–Crippen LogP) is 3.57. The van der Waals surface area contributed by atoms with Gasteiger partial charge in [-0.3, -0.25) is 0 Å². The number of aromatic amines is 1. The van der Waals surface area contributed by atoms with Crippen LogP contribution in [0.1, 0.15) is 9.67 Å². The van der Waals surface area contributed by atoms with E-state index in [1.54, 1.807) is 6.07 Å². The van der Waals surface area contributed by atoms with Crippen molar-refractivity contribution in [2.45, 2.75) is 4.11 Å². The number of anilines is 1. The van der Waals surface area contributed by atoms with Crippen LogP contribution in [0.15, 0.2) is 60.7 Å². The van der Waals surface area contributed by atoms with Gasteiger partial charge < -0.3 is 10.5 Å². The molecule has 3 aromatic rings. The SMILES string of the molecule is Nc1cc(OC(I)c2ccccccccc2)c2nn[nH]c2n1. The fraction of sp³-hybridized carbons (Fsp3) is 0.0625. The van der Waals surface area contributed by atoms with Crippen molar-refractivity contribution in [3.05, 3.63) is 66.2 Å². The first-order chi connectivity index (χ1) is 11.2. The third-order valence-electron chi connectivity index (χ3n) is 3.02. The summed E-state index contributed by atoms with van der Waals surface area (Å²) in [7, 11) is 0. The lowest BCUT2D eigenvalue weighted by molar-refractivity contribution is 0.314. The molecule has 0 aliphatic carbocycles. The first-order valence-electron chi connectivity index (χ1n) is 6.90. The predicted molar refractivity (Wildman–Crippen MR) is 97.6 cm³/mol. The second-order valence-electron chi connectivity index (χ2n) is 4.67. The number of hydrogen-bond acceptors (Lipinski definition) is 5. The number of fused-ring (bicyclic) bond motifs is 1. The normalized spacial score (nSPS) is 11.7. The molecule has 6 nitrogen and oxygen atoms in total. The van der Waals surface area contributed by atoms with Crippen LogP contribution < -0.4 is 10.5 Å². The molecule has 0 amide bonds. The number of nitrogens with two attached hydrogens (primary N) is 1. The van der Waals surface area contributed by atoms with Gasteiger partial charge in [-0.1, -0.05) is 59.8 Å². The van der Waals surface area contributed by atoms with Crippen LogP contribution in [0.5, 0.6) is 5.75 Å². The molecule has 1 atom stereocenters.